The van der Waals surface area contributed by atoms with Gasteiger partial charge in [0.1, 0.15) is 5.75 Å². The molecular formula is C17H19N3O. The molecule has 4 heteroatoms. The Hall–Kier alpha value is -2.67. The molecule has 0 heterocycles. The van der Waals surface area contributed by atoms with E-state index in [0.29, 0.717) is 24.5 Å². The van der Waals surface area contributed by atoms with Crippen molar-refractivity contribution in [3.63, 3.8) is 0 Å². The Morgan fingerprint density at radius 3 is 2.62 bits per heavy atom. The summed E-state index contributed by atoms with van der Waals surface area (Å²) >= 11 is 0. The molecule has 0 aliphatic heterocycles. The van der Waals surface area contributed by atoms with Crippen LogP contribution in [0.4, 0.5) is 17.1 Å². The van der Waals surface area contributed by atoms with Gasteiger partial charge in [0.2, 0.25) is 0 Å². The van der Waals surface area contributed by atoms with E-state index < -0.39 is 0 Å². The van der Waals surface area contributed by atoms with Crippen molar-refractivity contribution in [1.82, 2.24) is 0 Å². The molecule has 0 amide bonds. The molecule has 0 aromatic heterocycles. The van der Waals surface area contributed by atoms with E-state index in [1.54, 1.807) is 0 Å². The highest BCUT2D eigenvalue weighted by molar-refractivity contribution is 5.77. The Labute approximate surface area is 125 Å². The van der Waals surface area contributed by atoms with E-state index in [1.807, 2.05) is 42.5 Å². The maximum atomic E-state index is 8.67. The molecular weight excluding hydrogens is 262 g/mol. The smallest absolute Gasteiger partial charge is 0.144 e. The molecule has 21 heavy (non-hydrogen) atoms. The van der Waals surface area contributed by atoms with Crippen molar-refractivity contribution in [3.8, 4) is 11.8 Å². The van der Waals surface area contributed by atoms with Gasteiger partial charge in [-0.15, -0.1) is 0 Å². The van der Waals surface area contributed by atoms with Crippen molar-refractivity contribution in [2.75, 3.05) is 17.7 Å². The quantitative estimate of drug-likeness (QED) is 0.788. The van der Waals surface area contributed by atoms with E-state index in [0.717, 1.165) is 23.4 Å². The molecule has 2 rings (SSSR count). The predicted molar refractivity (Wildman–Crippen MR) is 85.7 cm³/mol. The second-order valence-corrected chi connectivity index (χ2v) is 4.72. The van der Waals surface area contributed by atoms with Crippen LogP contribution in [0.3, 0.4) is 0 Å². The molecule has 3 N–H and O–H groups in total. The van der Waals surface area contributed by atoms with E-state index in [9.17, 15) is 0 Å². The van der Waals surface area contributed by atoms with Crippen molar-refractivity contribution in [2.24, 2.45) is 0 Å². The molecule has 0 unspecified atom stereocenters. The lowest BCUT2D eigenvalue weighted by Gasteiger charge is -2.13. The molecule has 4 nitrogen and oxygen atoms in total. The molecule has 0 spiro atoms. The molecule has 2 aromatic carbocycles. The molecule has 0 saturated carbocycles. The van der Waals surface area contributed by atoms with Crippen LogP contribution in [0, 0.1) is 11.3 Å². The number of nitriles is 1. The van der Waals surface area contributed by atoms with Crippen LogP contribution in [-0.4, -0.2) is 6.61 Å². The third kappa shape index (κ3) is 3.90. The molecule has 2 aromatic rings. The fraction of sp³-hybridized carbons (Fsp3) is 0.235. The molecule has 0 bridgehead atoms. The lowest BCUT2D eigenvalue weighted by molar-refractivity contribution is 0.319. The molecule has 0 aliphatic carbocycles. The maximum Gasteiger partial charge on any atom is 0.144 e. The Kier molecular flexibility index (Phi) is 5.05. The van der Waals surface area contributed by atoms with Gasteiger partial charge in [-0.1, -0.05) is 25.1 Å². The van der Waals surface area contributed by atoms with Gasteiger partial charge in [0.15, 0.2) is 0 Å². The third-order valence-corrected chi connectivity index (χ3v) is 3.04. The molecule has 0 radical (unpaired) electrons. The number of hydrogen-bond donors (Lipinski definition) is 2. The van der Waals surface area contributed by atoms with Crippen LogP contribution < -0.4 is 15.8 Å². The second kappa shape index (κ2) is 7.20. The van der Waals surface area contributed by atoms with E-state index in [-0.39, 0.29) is 0 Å². The van der Waals surface area contributed by atoms with E-state index >= 15 is 0 Å². The van der Waals surface area contributed by atoms with E-state index in [4.69, 9.17) is 15.7 Å². The second-order valence-electron chi connectivity index (χ2n) is 4.72. The van der Waals surface area contributed by atoms with Crippen molar-refractivity contribution >= 4 is 17.1 Å². The van der Waals surface area contributed by atoms with Gasteiger partial charge in [-0.3, -0.25) is 0 Å². The normalized spacial score (nSPS) is 9.90. The standard InChI is InChI=1S/C17H19N3O/c1-2-12-21-16-5-3-4-15(17(16)19)20-14-8-6-13(7-9-14)10-11-18/h3-9,20H,2,10,12,19H2,1H3. The van der Waals surface area contributed by atoms with E-state index in [1.165, 1.54) is 0 Å². The molecule has 0 aliphatic rings. The third-order valence-electron chi connectivity index (χ3n) is 3.04. The van der Waals surface area contributed by atoms with Gasteiger partial charge >= 0.3 is 0 Å². The fourth-order valence-corrected chi connectivity index (χ4v) is 1.94. The average Bonchev–Trinajstić information content (AvgIpc) is 2.50. The summed E-state index contributed by atoms with van der Waals surface area (Å²) in [5.74, 6) is 0.697. The number of nitrogens with two attached hydrogens (primary N) is 1. The van der Waals surface area contributed by atoms with Gasteiger partial charge < -0.3 is 15.8 Å². The van der Waals surface area contributed by atoms with Crippen LogP contribution in [0.1, 0.15) is 18.9 Å². The lowest BCUT2D eigenvalue weighted by atomic mass is 10.1. The minimum atomic E-state index is 0.419. The average molecular weight is 281 g/mol. The Morgan fingerprint density at radius 2 is 1.95 bits per heavy atom. The van der Waals surface area contributed by atoms with Crippen LogP contribution in [0.5, 0.6) is 5.75 Å². The topological polar surface area (TPSA) is 71.1 Å². The van der Waals surface area contributed by atoms with Gasteiger partial charge in [-0.25, -0.2) is 0 Å². The summed E-state index contributed by atoms with van der Waals surface area (Å²) in [6.45, 7) is 2.71. The zero-order valence-corrected chi connectivity index (χ0v) is 12.1. The molecule has 0 saturated heterocycles. The highest BCUT2D eigenvalue weighted by Crippen LogP contribution is 2.31. The van der Waals surface area contributed by atoms with Crippen molar-refractivity contribution < 1.29 is 4.74 Å². The molecule has 0 atom stereocenters. The number of rotatable bonds is 6. The zero-order chi connectivity index (χ0) is 15.1. The Morgan fingerprint density at radius 1 is 1.19 bits per heavy atom. The summed E-state index contributed by atoms with van der Waals surface area (Å²) in [6, 6.07) is 15.6. The van der Waals surface area contributed by atoms with Gasteiger partial charge in [0, 0.05) is 5.69 Å². The zero-order valence-electron chi connectivity index (χ0n) is 12.1. The van der Waals surface area contributed by atoms with E-state index in [2.05, 4.69) is 18.3 Å². The molecule has 108 valence electrons. The first-order chi connectivity index (χ1) is 10.2. The predicted octanol–water partition coefficient (Wildman–Crippen LogP) is 3.87. The maximum absolute atomic E-state index is 8.67. The summed E-state index contributed by atoms with van der Waals surface area (Å²) in [4.78, 5) is 0. The number of hydrogen-bond acceptors (Lipinski definition) is 4. The first kappa shape index (κ1) is 14.7. The first-order valence-corrected chi connectivity index (χ1v) is 6.98. The van der Waals surface area contributed by atoms with Crippen molar-refractivity contribution in [2.45, 2.75) is 19.8 Å². The fourth-order valence-electron chi connectivity index (χ4n) is 1.94. The van der Waals surface area contributed by atoms with Crippen LogP contribution in [0.2, 0.25) is 0 Å². The first-order valence-electron chi connectivity index (χ1n) is 6.98. The number of anilines is 3. The van der Waals surface area contributed by atoms with Gasteiger partial charge in [0.25, 0.3) is 0 Å². The van der Waals surface area contributed by atoms with Crippen LogP contribution >= 0.6 is 0 Å². The minimum Gasteiger partial charge on any atom is -0.491 e. The SMILES string of the molecule is CCCOc1cccc(Nc2ccc(CC#N)cc2)c1N. The summed E-state index contributed by atoms with van der Waals surface area (Å²) in [6.07, 6.45) is 1.36. The summed E-state index contributed by atoms with van der Waals surface area (Å²) in [5.41, 5.74) is 9.46. The van der Waals surface area contributed by atoms with Gasteiger partial charge in [0.05, 0.1) is 30.5 Å². The summed E-state index contributed by atoms with van der Waals surface area (Å²) < 4.78 is 5.61. The Balaban J connectivity index is 2.13. The monoisotopic (exact) mass is 281 g/mol. The summed E-state index contributed by atoms with van der Waals surface area (Å²) in [7, 11) is 0. The minimum absolute atomic E-state index is 0.419. The Bertz CT molecular complexity index is 629. The number of ether oxygens (including phenoxy) is 1. The van der Waals surface area contributed by atoms with Crippen molar-refractivity contribution in [1.29, 1.82) is 5.26 Å². The lowest BCUT2D eigenvalue weighted by Crippen LogP contribution is -2.02. The summed E-state index contributed by atoms with van der Waals surface area (Å²) in [5, 5.41) is 11.9. The number of nitrogens with one attached hydrogen (secondary N) is 1. The highest BCUT2D eigenvalue weighted by atomic mass is 16.5. The van der Waals surface area contributed by atoms with Crippen LogP contribution in [-0.2, 0) is 6.42 Å². The number of para-hydroxylation sites is 1. The van der Waals surface area contributed by atoms with Gasteiger partial charge in [-0.05, 0) is 36.2 Å². The van der Waals surface area contributed by atoms with Crippen molar-refractivity contribution in [3.05, 3.63) is 48.0 Å². The van der Waals surface area contributed by atoms with Crippen LogP contribution in [0.15, 0.2) is 42.5 Å². The van der Waals surface area contributed by atoms with Gasteiger partial charge in [-0.2, -0.15) is 5.26 Å². The highest BCUT2D eigenvalue weighted by Gasteiger charge is 2.06. The van der Waals surface area contributed by atoms with Crippen LogP contribution in [0.25, 0.3) is 0 Å². The molecule has 0 fully saturated rings. The number of benzene rings is 2. The number of nitrogen functional groups attached to an aromatic ring is 1. The number of nitrogens with zero attached hydrogens (tertiary/aromatic N) is 1. The largest absolute Gasteiger partial charge is 0.491 e.